The largest absolute Gasteiger partial charge is 0.324 e. The van der Waals surface area contributed by atoms with Gasteiger partial charge in [0.1, 0.15) is 6.04 Å². The van der Waals surface area contributed by atoms with Crippen molar-refractivity contribution >= 4 is 27.5 Å². The molecule has 2 aliphatic heterocycles. The molecule has 2 aromatic rings. The third kappa shape index (κ3) is 2.89. The molecule has 1 fully saturated rings. The van der Waals surface area contributed by atoms with Gasteiger partial charge in [-0.15, -0.1) is 0 Å². The summed E-state index contributed by atoms with van der Waals surface area (Å²) in [5.74, 6) is 0.200. The van der Waals surface area contributed by atoms with Gasteiger partial charge in [0.25, 0.3) is 0 Å². The van der Waals surface area contributed by atoms with Crippen LogP contribution in [0.25, 0.3) is 0 Å². The van der Waals surface area contributed by atoms with Gasteiger partial charge in [0.05, 0.1) is 0 Å². The lowest BCUT2D eigenvalue weighted by Crippen LogP contribution is -2.52. The third-order valence-corrected chi connectivity index (χ3v) is 5.63. The van der Waals surface area contributed by atoms with Crippen LogP contribution in [0.15, 0.2) is 53.0 Å². The SMILES string of the molecule is O=C1Nc2ccc(Br)cc2[C@@H](c2ccccc2)[C@@H]1N1CCCCC1. The van der Waals surface area contributed by atoms with E-state index < -0.39 is 0 Å². The molecule has 0 saturated carbocycles. The van der Waals surface area contributed by atoms with E-state index in [1.54, 1.807) is 0 Å². The average Bonchev–Trinajstić information content (AvgIpc) is 2.62. The standard InChI is InChI=1S/C20H21BrN2O/c21-15-9-10-17-16(13-15)18(14-7-3-1-4-8-14)19(20(24)22-17)23-11-5-2-6-12-23/h1,3-4,7-10,13,18-19H,2,5-6,11-12H2,(H,22,24)/t18-,19+/m1/s1. The minimum absolute atomic E-state index is 0.0746. The molecule has 2 aliphatic rings. The number of benzene rings is 2. The van der Waals surface area contributed by atoms with Crippen molar-refractivity contribution in [3.8, 4) is 0 Å². The normalized spacial score (nSPS) is 24.3. The first-order valence-corrected chi connectivity index (χ1v) is 9.42. The maximum absolute atomic E-state index is 13.0. The molecule has 0 aliphatic carbocycles. The van der Waals surface area contributed by atoms with Crippen LogP contribution in [-0.4, -0.2) is 29.9 Å². The van der Waals surface area contributed by atoms with Crippen molar-refractivity contribution < 1.29 is 4.79 Å². The fraction of sp³-hybridized carbons (Fsp3) is 0.350. The third-order valence-electron chi connectivity index (χ3n) is 5.13. The molecule has 2 heterocycles. The van der Waals surface area contributed by atoms with E-state index in [9.17, 15) is 4.79 Å². The highest BCUT2D eigenvalue weighted by atomic mass is 79.9. The molecular formula is C20H21BrN2O. The second kappa shape index (κ2) is 6.69. The number of amides is 1. The summed E-state index contributed by atoms with van der Waals surface area (Å²) in [4.78, 5) is 15.3. The van der Waals surface area contributed by atoms with Gasteiger partial charge in [0.2, 0.25) is 5.91 Å². The van der Waals surface area contributed by atoms with Crippen LogP contribution in [0, 0.1) is 0 Å². The highest BCUT2D eigenvalue weighted by molar-refractivity contribution is 9.10. The molecule has 3 nitrogen and oxygen atoms in total. The zero-order chi connectivity index (χ0) is 16.5. The van der Waals surface area contributed by atoms with Gasteiger partial charge < -0.3 is 5.32 Å². The Balaban J connectivity index is 1.83. The molecule has 2 atom stereocenters. The van der Waals surface area contributed by atoms with Gasteiger partial charge in [-0.25, -0.2) is 0 Å². The van der Waals surface area contributed by atoms with Crippen molar-refractivity contribution in [1.82, 2.24) is 4.90 Å². The molecule has 0 radical (unpaired) electrons. The fourth-order valence-corrected chi connectivity index (χ4v) is 4.41. The Kier molecular flexibility index (Phi) is 4.42. The number of likely N-dealkylation sites (tertiary alicyclic amines) is 1. The monoisotopic (exact) mass is 384 g/mol. The minimum Gasteiger partial charge on any atom is -0.324 e. The van der Waals surface area contributed by atoms with E-state index in [4.69, 9.17) is 0 Å². The van der Waals surface area contributed by atoms with Crippen molar-refractivity contribution in [3.05, 3.63) is 64.1 Å². The number of piperidine rings is 1. The summed E-state index contributed by atoms with van der Waals surface area (Å²) in [6, 6.07) is 16.5. The smallest absolute Gasteiger partial charge is 0.242 e. The van der Waals surface area contributed by atoms with Crippen molar-refractivity contribution in [1.29, 1.82) is 0 Å². The van der Waals surface area contributed by atoms with Gasteiger partial charge >= 0.3 is 0 Å². The molecule has 1 saturated heterocycles. The predicted molar refractivity (Wildman–Crippen MR) is 100 cm³/mol. The number of hydrogen-bond donors (Lipinski definition) is 1. The van der Waals surface area contributed by atoms with Gasteiger partial charge in [0.15, 0.2) is 0 Å². The summed E-state index contributed by atoms with van der Waals surface area (Å²) < 4.78 is 1.05. The van der Waals surface area contributed by atoms with Crippen molar-refractivity contribution in [2.45, 2.75) is 31.2 Å². The average molecular weight is 385 g/mol. The summed E-state index contributed by atoms with van der Waals surface area (Å²) in [6.45, 7) is 2.01. The zero-order valence-electron chi connectivity index (χ0n) is 13.5. The Labute approximate surface area is 151 Å². The second-order valence-corrected chi connectivity index (χ2v) is 7.57. The summed E-state index contributed by atoms with van der Waals surface area (Å²) in [7, 11) is 0. The molecule has 1 amide bonds. The lowest BCUT2D eigenvalue weighted by atomic mass is 9.80. The molecule has 4 heteroatoms. The summed E-state index contributed by atoms with van der Waals surface area (Å²) in [5.41, 5.74) is 3.35. The highest BCUT2D eigenvalue weighted by Gasteiger charge is 2.40. The zero-order valence-corrected chi connectivity index (χ0v) is 15.1. The molecule has 1 N–H and O–H groups in total. The Bertz CT molecular complexity index is 741. The van der Waals surface area contributed by atoms with Gasteiger partial charge in [-0.1, -0.05) is 52.7 Å². The molecule has 4 rings (SSSR count). The van der Waals surface area contributed by atoms with E-state index in [0.717, 1.165) is 23.2 Å². The number of halogens is 1. The van der Waals surface area contributed by atoms with E-state index >= 15 is 0 Å². The van der Waals surface area contributed by atoms with Gasteiger partial charge in [-0.05, 0) is 55.3 Å². The molecule has 0 unspecified atom stereocenters. The quantitative estimate of drug-likeness (QED) is 0.832. The maximum Gasteiger partial charge on any atom is 0.242 e. The number of hydrogen-bond acceptors (Lipinski definition) is 2. The van der Waals surface area contributed by atoms with Gasteiger partial charge in [0, 0.05) is 16.1 Å². The van der Waals surface area contributed by atoms with Crippen LogP contribution < -0.4 is 5.32 Å². The van der Waals surface area contributed by atoms with Crippen LogP contribution in [0.1, 0.15) is 36.3 Å². The van der Waals surface area contributed by atoms with Crippen LogP contribution in [0.4, 0.5) is 5.69 Å². The Morgan fingerprint density at radius 1 is 1.00 bits per heavy atom. The number of nitrogens with zero attached hydrogens (tertiary/aromatic N) is 1. The number of fused-ring (bicyclic) bond motifs is 1. The first-order chi connectivity index (χ1) is 11.7. The number of anilines is 1. The summed E-state index contributed by atoms with van der Waals surface area (Å²) in [6.07, 6.45) is 3.62. The molecule has 0 spiro atoms. The lowest BCUT2D eigenvalue weighted by molar-refractivity contribution is -0.122. The van der Waals surface area contributed by atoms with E-state index in [2.05, 4.69) is 56.5 Å². The highest BCUT2D eigenvalue weighted by Crippen LogP contribution is 2.41. The van der Waals surface area contributed by atoms with Crippen molar-refractivity contribution in [2.75, 3.05) is 18.4 Å². The van der Waals surface area contributed by atoms with Crippen LogP contribution in [-0.2, 0) is 4.79 Å². The van der Waals surface area contributed by atoms with Gasteiger partial charge in [-0.3, -0.25) is 9.69 Å². The Morgan fingerprint density at radius 2 is 1.75 bits per heavy atom. The van der Waals surface area contributed by atoms with E-state index in [-0.39, 0.29) is 17.9 Å². The van der Waals surface area contributed by atoms with Gasteiger partial charge in [-0.2, -0.15) is 0 Å². The molecule has 24 heavy (non-hydrogen) atoms. The summed E-state index contributed by atoms with van der Waals surface area (Å²) in [5, 5.41) is 3.13. The predicted octanol–water partition coefficient (Wildman–Crippen LogP) is 4.39. The van der Waals surface area contributed by atoms with Crippen LogP contribution in [0.3, 0.4) is 0 Å². The van der Waals surface area contributed by atoms with Crippen LogP contribution in [0.5, 0.6) is 0 Å². The number of rotatable bonds is 2. The molecule has 0 bridgehead atoms. The fourth-order valence-electron chi connectivity index (χ4n) is 4.03. The Morgan fingerprint density at radius 3 is 2.50 bits per heavy atom. The first-order valence-electron chi connectivity index (χ1n) is 8.63. The van der Waals surface area contributed by atoms with Crippen molar-refractivity contribution in [2.24, 2.45) is 0 Å². The van der Waals surface area contributed by atoms with Crippen molar-refractivity contribution in [3.63, 3.8) is 0 Å². The molecule has 2 aromatic carbocycles. The van der Waals surface area contributed by atoms with E-state index in [1.165, 1.54) is 30.4 Å². The number of nitrogens with one attached hydrogen (secondary N) is 1. The first kappa shape index (κ1) is 15.9. The van der Waals surface area contributed by atoms with Crippen LogP contribution in [0.2, 0.25) is 0 Å². The van der Waals surface area contributed by atoms with E-state index in [0.29, 0.717) is 0 Å². The molecular weight excluding hydrogens is 364 g/mol. The maximum atomic E-state index is 13.0. The Hall–Kier alpha value is -1.65. The lowest BCUT2D eigenvalue weighted by Gasteiger charge is -2.41. The topological polar surface area (TPSA) is 32.3 Å². The second-order valence-electron chi connectivity index (χ2n) is 6.65. The van der Waals surface area contributed by atoms with Crippen LogP contribution >= 0.6 is 15.9 Å². The molecule has 124 valence electrons. The molecule has 0 aromatic heterocycles. The minimum atomic E-state index is -0.130. The van der Waals surface area contributed by atoms with E-state index in [1.807, 2.05) is 18.2 Å². The number of carbonyl (C=O) groups is 1. The number of carbonyl (C=O) groups excluding carboxylic acids is 1. The summed E-state index contributed by atoms with van der Waals surface area (Å²) >= 11 is 3.60.